The molecule has 0 aromatic carbocycles. The molecular weight excluding hydrogens is 126 g/mol. The van der Waals surface area contributed by atoms with Gasteiger partial charge in [0.2, 0.25) is 0 Å². The minimum atomic E-state index is 0.496. The second-order valence-corrected chi connectivity index (χ2v) is 2.02. The largest absolute Gasteiger partial charge is 0.325 e. The fraction of sp³-hybridized carbons (Fsp3) is 0.429. The predicted molar refractivity (Wildman–Crippen MR) is 39.3 cm³/mol. The maximum absolute atomic E-state index is 5.38. The number of rotatable bonds is 2. The molecule has 1 aromatic heterocycles. The second kappa shape index (κ2) is 3.27. The zero-order chi connectivity index (χ0) is 7.40. The number of nitrogens with zero attached hydrogens (tertiary/aromatic N) is 2. The molecule has 1 rings (SSSR count). The summed E-state index contributed by atoms with van der Waals surface area (Å²) in [4.78, 5) is 8.21. The monoisotopic (exact) mass is 137 g/mol. The average Bonchev–Trinajstić information content (AvgIpc) is 2.05. The number of hydrogen-bond donors (Lipinski definition) is 1. The van der Waals surface area contributed by atoms with E-state index in [0.717, 1.165) is 17.9 Å². The summed E-state index contributed by atoms with van der Waals surface area (Å²) in [5.74, 6) is 0.864. The molecule has 54 valence electrons. The van der Waals surface area contributed by atoms with Crippen molar-refractivity contribution in [3.8, 4) is 0 Å². The lowest BCUT2D eigenvalue weighted by atomic mass is 10.4. The normalized spacial score (nSPS) is 9.80. The highest BCUT2D eigenvalue weighted by Crippen LogP contribution is 1.93. The van der Waals surface area contributed by atoms with Crippen LogP contribution in [0.2, 0.25) is 0 Å². The molecular formula is C7H11N3. The van der Waals surface area contributed by atoms with Gasteiger partial charge in [0, 0.05) is 19.2 Å². The van der Waals surface area contributed by atoms with Crippen LogP contribution in [-0.2, 0) is 13.0 Å². The van der Waals surface area contributed by atoms with Crippen molar-refractivity contribution in [2.24, 2.45) is 5.73 Å². The molecule has 0 amide bonds. The van der Waals surface area contributed by atoms with Crippen molar-refractivity contribution in [1.82, 2.24) is 9.97 Å². The van der Waals surface area contributed by atoms with Crippen molar-refractivity contribution in [2.45, 2.75) is 19.9 Å². The first kappa shape index (κ1) is 7.15. The van der Waals surface area contributed by atoms with Gasteiger partial charge in [-0.3, -0.25) is 0 Å². The van der Waals surface area contributed by atoms with Gasteiger partial charge < -0.3 is 5.73 Å². The van der Waals surface area contributed by atoms with E-state index in [0.29, 0.717) is 6.54 Å². The van der Waals surface area contributed by atoms with Crippen molar-refractivity contribution < 1.29 is 0 Å². The van der Waals surface area contributed by atoms with E-state index in [4.69, 9.17) is 5.73 Å². The van der Waals surface area contributed by atoms with Crippen molar-refractivity contribution in [3.05, 3.63) is 23.8 Å². The lowest BCUT2D eigenvalue weighted by molar-refractivity contribution is 0.875. The molecule has 3 nitrogen and oxygen atoms in total. The van der Waals surface area contributed by atoms with Crippen molar-refractivity contribution in [2.75, 3.05) is 0 Å². The second-order valence-electron chi connectivity index (χ2n) is 2.02. The van der Waals surface area contributed by atoms with Crippen LogP contribution in [0.1, 0.15) is 18.4 Å². The Morgan fingerprint density at radius 1 is 1.60 bits per heavy atom. The Kier molecular flexibility index (Phi) is 2.34. The minimum absolute atomic E-state index is 0.496. The molecule has 10 heavy (non-hydrogen) atoms. The van der Waals surface area contributed by atoms with Gasteiger partial charge in [-0.25, -0.2) is 9.97 Å². The summed E-state index contributed by atoms with van der Waals surface area (Å²) in [6, 6.07) is 1.83. The molecule has 0 saturated carbocycles. The fourth-order valence-corrected chi connectivity index (χ4v) is 0.725. The van der Waals surface area contributed by atoms with E-state index in [1.54, 1.807) is 6.20 Å². The number of aryl methyl sites for hydroxylation is 1. The molecule has 0 unspecified atom stereocenters. The third-order valence-corrected chi connectivity index (χ3v) is 1.29. The predicted octanol–water partition coefficient (Wildman–Crippen LogP) is 0.498. The summed E-state index contributed by atoms with van der Waals surface area (Å²) in [7, 11) is 0. The van der Waals surface area contributed by atoms with Crippen molar-refractivity contribution in [1.29, 1.82) is 0 Å². The Labute approximate surface area is 60.3 Å². The molecule has 0 saturated heterocycles. The molecule has 0 fully saturated rings. The SMILES string of the molecule is CCc1nccc(CN)n1. The highest BCUT2D eigenvalue weighted by atomic mass is 14.9. The van der Waals surface area contributed by atoms with Gasteiger partial charge in [-0.15, -0.1) is 0 Å². The third kappa shape index (κ3) is 1.51. The summed E-state index contributed by atoms with van der Waals surface area (Å²) in [6.45, 7) is 2.52. The van der Waals surface area contributed by atoms with E-state index < -0.39 is 0 Å². The fourth-order valence-electron chi connectivity index (χ4n) is 0.725. The summed E-state index contributed by atoms with van der Waals surface area (Å²) >= 11 is 0. The van der Waals surface area contributed by atoms with Crippen molar-refractivity contribution in [3.63, 3.8) is 0 Å². The molecule has 3 heteroatoms. The first-order valence-corrected chi connectivity index (χ1v) is 3.37. The first-order chi connectivity index (χ1) is 4.86. The van der Waals surface area contributed by atoms with E-state index >= 15 is 0 Å². The van der Waals surface area contributed by atoms with E-state index in [2.05, 4.69) is 9.97 Å². The standard InChI is InChI=1S/C7H11N3/c1-2-7-9-4-3-6(5-8)10-7/h3-4H,2,5,8H2,1H3. The van der Waals surface area contributed by atoms with Crippen LogP contribution in [0.5, 0.6) is 0 Å². The molecule has 0 atom stereocenters. The Balaban J connectivity index is 2.87. The molecule has 0 radical (unpaired) electrons. The van der Waals surface area contributed by atoms with E-state index in [1.165, 1.54) is 0 Å². The lowest BCUT2D eigenvalue weighted by Crippen LogP contribution is -2.02. The van der Waals surface area contributed by atoms with Crippen LogP contribution in [0.4, 0.5) is 0 Å². The zero-order valence-corrected chi connectivity index (χ0v) is 6.04. The van der Waals surface area contributed by atoms with E-state index in [1.807, 2.05) is 13.0 Å². The highest BCUT2D eigenvalue weighted by Gasteiger charge is 1.92. The minimum Gasteiger partial charge on any atom is -0.325 e. The topological polar surface area (TPSA) is 51.8 Å². The molecule has 0 aliphatic rings. The Bertz CT molecular complexity index is 191. The first-order valence-electron chi connectivity index (χ1n) is 3.37. The zero-order valence-electron chi connectivity index (χ0n) is 6.04. The van der Waals surface area contributed by atoms with E-state index in [9.17, 15) is 0 Å². The molecule has 0 spiro atoms. The Hall–Kier alpha value is -0.960. The van der Waals surface area contributed by atoms with Gasteiger partial charge in [-0.2, -0.15) is 0 Å². The summed E-state index contributed by atoms with van der Waals surface area (Å²) < 4.78 is 0. The van der Waals surface area contributed by atoms with Crippen LogP contribution < -0.4 is 5.73 Å². The molecule has 0 aliphatic heterocycles. The molecule has 1 aromatic rings. The number of nitrogens with two attached hydrogens (primary N) is 1. The highest BCUT2D eigenvalue weighted by molar-refractivity contribution is 5.01. The third-order valence-electron chi connectivity index (χ3n) is 1.29. The van der Waals surface area contributed by atoms with Crippen LogP contribution in [0.25, 0.3) is 0 Å². The number of aromatic nitrogens is 2. The van der Waals surface area contributed by atoms with Gasteiger partial charge in [0.15, 0.2) is 0 Å². The van der Waals surface area contributed by atoms with Crippen LogP contribution in [0, 0.1) is 0 Å². The van der Waals surface area contributed by atoms with Gasteiger partial charge in [-0.1, -0.05) is 6.92 Å². The van der Waals surface area contributed by atoms with Crippen molar-refractivity contribution >= 4 is 0 Å². The maximum atomic E-state index is 5.38. The molecule has 2 N–H and O–H groups in total. The van der Waals surface area contributed by atoms with Crippen LogP contribution in [0.3, 0.4) is 0 Å². The summed E-state index contributed by atoms with van der Waals surface area (Å²) in [6.07, 6.45) is 2.61. The van der Waals surface area contributed by atoms with Gasteiger partial charge >= 0.3 is 0 Å². The van der Waals surface area contributed by atoms with Gasteiger partial charge in [0.25, 0.3) is 0 Å². The van der Waals surface area contributed by atoms with Crippen LogP contribution >= 0.6 is 0 Å². The summed E-state index contributed by atoms with van der Waals surface area (Å²) in [5.41, 5.74) is 6.29. The smallest absolute Gasteiger partial charge is 0.128 e. The quantitative estimate of drug-likeness (QED) is 0.645. The molecule has 1 heterocycles. The molecule has 0 aliphatic carbocycles. The maximum Gasteiger partial charge on any atom is 0.128 e. The number of hydrogen-bond acceptors (Lipinski definition) is 3. The van der Waals surface area contributed by atoms with Crippen LogP contribution in [0.15, 0.2) is 12.3 Å². The summed E-state index contributed by atoms with van der Waals surface area (Å²) in [5, 5.41) is 0. The van der Waals surface area contributed by atoms with Gasteiger partial charge in [0.1, 0.15) is 5.82 Å². The molecule has 0 bridgehead atoms. The average molecular weight is 137 g/mol. The van der Waals surface area contributed by atoms with Crippen LogP contribution in [-0.4, -0.2) is 9.97 Å². The lowest BCUT2D eigenvalue weighted by Gasteiger charge is -1.96. The Morgan fingerprint density at radius 2 is 2.40 bits per heavy atom. The van der Waals surface area contributed by atoms with Gasteiger partial charge in [0.05, 0.1) is 5.69 Å². The Morgan fingerprint density at radius 3 is 3.00 bits per heavy atom. The van der Waals surface area contributed by atoms with E-state index in [-0.39, 0.29) is 0 Å². The van der Waals surface area contributed by atoms with Gasteiger partial charge in [-0.05, 0) is 6.07 Å².